The van der Waals surface area contributed by atoms with Crippen LogP contribution in [0.3, 0.4) is 0 Å². The van der Waals surface area contributed by atoms with Crippen LogP contribution in [-0.2, 0) is 19.2 Å². The summed E-state index contributed by atoms with van der Waals surface area (Å²) in [6.45, 7) is 1.36. The zero-order valence-electron chi connectivity index (χ0n) is 12.8. The summed E-state index contributed by atoms with van der Waals surface area (Å²) in [7, 11) is 0. The zero-order valence-corrected chi connectivity index (χ0v) is 12.8. The molecule has 1 heterocycles. The van der Waals surface area contributed by atoms with Crippen LogP contribution in [0, 0.1) is 6.92 Å². The van der Waals surface area contributed by atoms with Gasteiger partial charge in [0.2, 0.25) is 5.91 Å². The summed E-state index contributed by atoms with van der Waals surface area (Å²) in [4.78, 5) is 46.7. The van der Waals surface area contributed by atoms with Crippen LogP contribution in [0.4, 0.5) is 5.69 Å². The lowest BCUT2D eigenvalue weighted by Crippen LogP contribution is -2.48. The number of benzene rings is 1. The second kappa shape index (κ2) is 6.99. The third kappa shape index (κ3) is 4.22. The molecule has 1 aliphatic rings. The highest BCUT2D eigenvalue weighted by molar-refractivity contribution is 5.92. The average molecular weight is 336 g/mol. The van der Waals surface area contributed by atoms with Gasteiger partial charge in [0.05, 0.1) is 18.7 Å². The zero-order chi connectivity index (χ0) is 17.9. The minimum Gasteiger partial charge on any atom is -0.481 e. The maximum atomic E-state index is 12.0. The first kappa shape index (κ1) is 17.3. The van der Waals surface area contributed by atoms with Crippen LogP contribution in [0.1, 0.15) is 12.0 Å². The summed E-state index contributed by atoms with van der Waals surface area (Å²) in [5.74, 6) is -3.71. The highest BCUT2D eigenvalue weighted by atomic mass is 16.5. The van der Waals surface area contributed by atoms with E-state index in [1.54, 1.807) is 18.2 Å². The Kier molecular flexibility index (Phi) is 5.02. The van der Waals surface area contributed by atoms with Gasteiger partial charge in [-0.1, -0.05) is 6.07 Å². The minimum atomic E-state index is -1.54. The van der Waals surface area contributed by atoms with E-state index in [2.05, 4.69) is 5.32 Å². The van der Waals surface area contributed by atoms with Gasteiger partial charge in [-0.15, -0.1) is 0 Å². The first-order valence-electron chi connectivity index (χ1n) is 7.06. The van der Waals surface area contributed by atoms with Gasteiger partial charge in [-0.2, -0.15) is 0 Å². The number of rotatable bonds is 6. The summed E-state index contributed by atoms with van der Waals surface area (Å²) in [6, 6.07) is 3.59. The molecular formula is C15H16N2O7. The van der Waals surface area contributed by atoms with Crippen molar-refractivity contribution in [3.63, 3.8) is 0 Å². The Morgan fingerprint density at radius 3 is 2.67 bits per heavy atom. The van der Waals surface area contributed by atoms with Crippen molar-refractivity contribution >= 4 is 29.5 Å². The van der Waals surface area contributed by atoms with E-state index in [-0.39, 0.29) is 13.1 Å². The Morgan fingerprint density at radius 1 is 1.33 bits per heavy atom. The van der Waals surface area contributed by atoms with Crippen LogP contribution in [-0.4, -0.2) is 53.2 Å². The highest BCUT2D eigenvalue weighted by Crippen LogP contribution is 2.32. The Morgan fingerprint density at radius 2 is 2.04 bits per heavy atom. The molecule has 1 aromatic rings. The Labute approximate surface area is 136 Å². The number of anilines is 1. The number of amides is 1. The van der Waals surface area contributed by atoms with Crippen molar-refractivity contribution in [3.05, 3.63) is 23.8 Å². The highest BCUT2D eigenvalue weighted by Gasteiger charge is 2.28. The summed E-state index contributed by atoms with van der Waals surface area (Å²) in [6.07, 6.45) is -0.737. The molecule has 0 aliphatic carbocycles. The van der Waals surface area contributed by atoms with Gasteiger partial charge in [-0.3, -0.25) is 9.59 Å². The number of carboxylic acid groups (broad SMARTS) is 2. The number of aliphatic carboxylic acids is 2. The molecule has 0 saturated carbocycles. The predicted molar refractivity (Wildman–Crippen MR) is 80.8 cm³/mol. The Balaban J connectivity index is 2.10. The number of esters is 1. The number of hydrogen-bond acceptors (Lipinski definition) is 6. The smallest absolute Gasteiger partial charge is 0.331 e. The topological polar surface area (TPSA) is 133 Å². The molecule has 1 atom stereocenters. The van der Waals surface area contributed by atoms with Crippen LogP contribution in [0.5, 0.6) is 5.75 Å². The van der Waals surface area contributed by atoms with Crippen molar-refractivity contribution in [2.75, 3.05) is 18.0 Å². The van der Waals surface area contributed by atoms with Gasteiger partial charge >= 0.3 is 17.9 Å². The van der Waals surface area contributed by atoms with Crippen molar-refractivity contribution in [1.29, 1.82) is 0 Å². The molecule has 2 rings (SSSR count). The molecule has 128 valence electrons. The molecule has 1 aromatic carbocycles. The van der Waals surface area contributed by atoms with Crippen molar-refractivity contribution in [1.82, 2.24) is 5.32 Å². The summed E-state index contributed by atoms with van der Waals surface area (Å²) in [5, 5.41) is 19.8. The van der Waals surface area contributed by atoms with E-state index in [1.807, 2.05) is 6.92 Å². The van der Waals surface area contributed by atoms with E-state index in [9.17, 15) is 19.2 Å². The SMILES string of the molecule is Cc1ccc2c(c1)OC(=O)CN2CC(=O)NC(CC(=O)O)C(=O)O. The third-order valence-electron chi connectivity index (χ3n) is 3.35. The molecule has 0 spiro atoms. The minimum absolute atomic E-state index is 0.167. The number of carbonyl (C=O) groups is 4. The molecule has 9 nitrogen and oxygen atoms in total. The van der Waals surface area contributed by atoms with Gasteiger partial charge < -0.3 is 25.2 Å². The molecule has 9 heteroatoms. The van der Waals surface area contributed by atoms with E-state index >= 15 is 0 Å². The number of hydrogen-bond donors (Lipinski definition) is 3. The van der Waals surface area contributed by atoms with Crippen molar-refractivity contribution in [2.24, 2.45) is 0 Å². The molecule has 0 saturated heterocycles. The quantitative estimate of drug-likeness (QED) is 0.479. The summed E-state index contributed by atoms with van der Waals surface area (Å²) in [5.41, 5.74) is 1.40. The largest absolute Gasteiger partial charge is 0.481 e. The van der Waals surface area contributed by atoms with Crippen molar-refractivity contribution < 1.29 is 34.1 Å². The van der Waals surface area contributed by atoms with E-state index in [0.717, 1.165) is 5.56 Å². The van der Waals surface area contributed by atoms with E-state index in [1.165, 1.54) is 4.90 Å². The Bertz CT molecular complexity index is 701. The molecule has 0 aromatic heterocycles. The molecular weight excluding hydrogens is 320 g/mol. The van der Waals surface area contributed by atoms with Crippen LogP contribution in [0.2, 0.25) is 0 Å². The van der Waals surface area contributed by atoms with Crippen molar-refractivity contribution in [2.45, 2.75) is 19.4 Å². The maximum Gasteiger partial charge on any atom is 0.331 e. The number of carbonyl (C=O) groups excluding carboxylic acids is 2. The number of aryl methyl sites for hydroxylation is 1. The maximum absolute atomic E-state index is 12.0. The van der Waals surface area contributed by atoms with Gasteiger partial charge in [-0.05, 0) is 24.6 Å². The van der Waals surface area contributed by atoms with Crippen molar-refractivity contribution in [3.8, 4) is 5.75 Å². The second-order valence-corrected chi connectivity index (χ2v) is 5.36. The van der Waals surface area contributed by atoms with Crippen LogP contribution >= 0.6 is 0 Å². The molecule has 24 heavy (non-hydrogen) atoms. The monoisotopic (exact) mass is 336 g/mol. The first-order valence-corrected chi connectivity index (χ1v) is 7.06. The fourth-order valence-electron chi connectivity index (χ4n) is 2.29. The lowest BCUT2D eigenvalue weighted by atomic mass is 10.1. The number of fused-ring (bicyclic) bond motifs is 1. The van der Waals surface area contributed by atoms with Crippen LogP contribution in [0.25, 0.3) is 0 Å². The van der Waals surface area contributed by atoms with E-state index in [4.69, 9.17) is 14.9 Å². The molecule has 0 radical (unpaired) electrons. The third-order valence-corrected chi connectivity index (χ3v) is 3.35. The predicted octanol–water partition coefficient (Wildman–Crippen LogP) is -0.235. The van der Waals surface area contributed by atoms with Crippen LogP contribution in [0.15, 0.2) is 18.2 Å². The van der Waals surface area contributed by atoms with E-state index in [0.29, 0.717) is 11.4 Å². The second-order valence-electron chi connectivity index (χ2n) is 5.36. The van der Waals surface area contributed by atoms with Gasteiger partial charge in [0.15, 0.2) is 5.75 Å². The lowest BCUT2D eigenvalue weighted by molar-refractivity contribution is -0.147. The number of carboxylic acids is 2. The number of ether oxygens (including phenoxy) is 1. The van der Waals surface area contributed by atoms with Gasteiger partial charge in [-0.25, -0.2) is 9.59 Å². The molecule has 0 bridgehead atoms. The van der Waals surface area contributed by atoms with Gasteiger partial charge in [0.25, 0.3) is 0 Å². The normalized spacial score (nSPS) is 14.4. The van der Waals surface area contributed by atoms with Gasteiger partial charge in [0, 0.05) is 0 Å². The molecule has 3 N–H and O–H groups in total. The Hall–Kier alpha value is -3.10. The summed E-state index contributed by atoms with van der Waals surface area (Å²) >= 11 is 0. The number of nitrogens with one attached hydrogen (secondary N) is 1. The van der Waals surface area contributed by atoms with E-state index < -0.39 is 36.3 Å². The fourth-order valence-corrected chi connectivity index (χ4v) is 2.29. The standard InChI is InChI=1S/C15H16N2O7/c1-8-2-3-10-11(4-8)24-14(21)7-17(10)6-12(18)16-9(15(22)23)5-13(19)20/h2-4,9H,5-7H2,1H3,(H,16,18)(H,19,20)(H,22,23). The fraction of sp³-hybridized carbons (Fsp3) is 0.333. The number of nitrogens with zero attached hydrogens (tertiary/aromatic N) is 1. The van der Waals surface area contributed by atoms with Crippen LogP contribution < -0.4 is 15.0 Å². The molecule has 1 unspecified atom stereocenters. The molecule has 1 amide bonds. The molecule has 0 fully saturated rings. The molecule has 1 aliphatic heterocycles. The first-order chi connectivity index (χ1) is 11.3. The average Bonchev–Trinajstić information content (AvgIpc) is 2.45. The summed E-state index contributed by atoms with van der Waals surface area (Å²) < 4.78 is 5.11. The lowest BCUT2D eigenvalue weighted by Gasteiger charge is -2.29. The van der Waals surface area contributed by atoms with Gasteiger partial charge in [0.1, 0.15) is 12.6 Å².